The number of hydrazine groups is 1. The molecule has 0 spiro atoms. The van der Waals surface area contributed by atoms with Crippen LogP contribution in [0.15, 0.2) is 16.7 Å². The molecule has 1 aromatic rings. The second-order valence-corrected chi connectivity index (χ2v) is 5.69. The fraction of sp³-hybridized carbons (Fsp3) is 0.500. The van der Waals surface area contributed by atoms with Crippen LogP contribution in [0, 0.1) is 18.8 Å². The zero-order valence-corrected chi connectivity index (χ0v) is 11.4. The van der Waals surface area contributed by atoms with Crippen molar-refractivity contribution in [1.82, 2.24) is 10.4 Å². The minimum atomic E-state index is -0.517. The lowest BCUT2D eigenvalue weighted by molar-refractivity contribution is -0.145. The number of rotatable bonds is 2. The molecule has 0 aliphatic carbocycles. The standard InChI is InChI=1S/C14H14N2O5/c1-6-7(4-5-20-6)12(17)15-16-13(18)10-8-2-3-9(21-8)11(10)14(16)19/h4-5,8-11H,2-3H2,1H3,(H,15,17)/t8-,9-,10-,11+/m0/s1. The SMILES string of the molecule is Cc1occc1C(=O)NN1C(=O)[C@@H]2[C@H](C1=O)[C@@H]1CC[C@@H]2O1. The highest BCUT2D eigenvalue weighted by molar-refractivity contribution is 6.08. The number of nitrogens with zero attached hydrogens (tertiary/aromatic N) is 1. The molecule has 3 fully saturated rings. The van der Waals surface area contributed by atoms with E-state index in [4.69, 9.17) is 9.15 Å². The molecule has 21 heavy (non-hydrogen) atoms. The number of fused-ring (bicyclic) bond motifs is 5. The molecule has 3 aliphatic heterocycles. The van der Waals surface area contributed by atoms with E-state index < -0.39 is 17.7 Å². The molecule has 0 aromatic carbocycles. The summed E-state index contributed by atoms with van der Waals surface area (Å²) in [5.41, 5.74) is 2.71. The van der Waals surface area contributed by atoms with Gasteiger partial charge in [0.05, 0.1) is 35.9 Å². The molecular formula is C14H14N2O5. The summed E-state index contributed by atoms with van der Waals surface area (Å²) in [5, 5.41) is 0.859. The van der Waals surface area contributed by atoms with Crippen molar-refractivity contribution in [3.05, 3.63) is 23.7 Å². The van der Waals surface area contributed by atoms with Gasteiger partial charge in [-0.3, -0.25) is 19.8 Å². The van der Waals surface area contributed by atoms with Crippen LogP contribution in [0.3, 0.4) is 0 Å². The van der Waals surface area contributed by atoms with Crippen LogP contribution >= 0.6 is 0 Å². The average molecular weight is 290 g/mol. The summed E-state index contributed by atoms with van der Waals surface area (Å²) >= 11 is 0. The predicted molar refractivity (Wildman–Crippen MR) is 67.6 cm³/mol. The summed E-state index contributed by atoms with van der Waals surface area (Å²) in [4.78, 5) is 36.9. The third-order valence-electron chi connectivity index (χ3n) is 4.60. The van der Waals surface area contributed by atoms with Gasteiger partial charge in [0.15, 0.2) is 0 Å². The highest BCUT2D eigenvalue weighted by atomic mass is 16.5. The van der Waals surface area contributed by atoms with Crippen LogP contribution in [0.5, 0.6) is 0 Å². The molecule has 3 saturated heterocycles. The number of hydrogen-bond donors (Lipinski definition) is 1. The Morgan fingerprint density at radius 1 is 1.24 bits per heavy atom. The van der Waals surface area contributed by atoms with Crippen molar-refractivity contribution in [2.45, 2.75) is 32.0 Å². The summed E-state index contributed by atoms with van der Waals surface area (Å²) < 4.78 is 10.7. The van der Waals surface area contributed by atoms with Gasteiger partial charge in [0.2, 0.25) is 0 Å². The Kier molecular flexibility index (Phi) is 2.50. The maximum atomic E-state index is 12.4. The van der Waals surface area contributed by atoms with Gasteiger partial charge < -0.3 is 9.15 Å². The van der Waals surface area contributed by atoms with Crippen molar-refractivity contribution < 1.29 is 23.5 Å². The van der Waals surface area contributed by atoms with E-state index in [0.29, 0.717) is 11.3 Å². The maximum Gasteiger partial charge on any atom is 0.273 e. The van der Waals surface area contributed by atoms with Gasteiger partial charge in [0, 0.05) is 0 Å². The van der Waals surface area contributed by atoms with Crippen molar-refractivity contribution in [2.75, 3.05) is 0 Å². The number of hydrogen-bond acceptors (Lipinski definition) is 5. The van der Waals surface area contributed by atoms with Crippen molar-refractivity contribution in [3.63, 3.8) is 0 Å². The first-order valence-corrected chi connectivity index (χ1v) is 6.96. The first kappa shape index (κ1) is 12.6. The topological polar surface area (TPSA) is 88.9 Å². The van der Waals surface area contributed by atoms with Gasteiger partial charge in [-0.25, -0.2) is 0 Å². The van der Waals surface area contributed by atoms with E-state index in [1.165, 1.54) is 12.3 Å². The van der Waals surface area contributed by atoms with Crippen molar-refractivity contribution in [2.24, 2.45) is 11.8 Å². The Hall–Kier alpha value is -2.15. The van der Waals surface area contributed by atoms with Gasteiger partial charge in [-0.05, 0) is 25.8 Å². The molecule has 3 aliphatic rings. The highest BCUT2D eigenvalue weighted by Gasteiger charge is 2.62. The monoisotopic (exact) mass is 290 g/mol. The van der Waals surface area contributed by atoms with Gasteiger partial charge in [-0.15, -0.1) is 0 Å². The molecule has 7 nitrogen and oxygen atoms in total. The smallest absolute Gasteiger partial charge is 0.273 e. The molecule has 1 N–H and O–H groups in total. The summed E-state index contributed by atoms with van der Waals surface area (Å²) in [7, 11) is 0. The van der Waals surface area contributed by atoms with Crippen LogP contribution in [-0.2, 0) is 14.3 Å². The number of ether oxygens (including phenoxy) is 1. The molecule has 4 rings (SSSR count). The normalized spacial score (nSPS) is 33.7. The van der Waals surface area contributed by atoms with E-state index in [-0.39, 0.29) is 24.0 Å². The zero-order chi connectivity index (χ0) is 14.7. The average Bonchev–Trinajstić information content (AvgIpc) is 3.19. The lowest BCUT2D eigenvalue weighted by Gasteiger charge is -2.17. The van der Waals surface area contributed by atoms with E-state index in [0.717, 1.165) is 17.9 Å². The highest BCUT2D eigenvalue weighted by Crippen LogP contribution is 2.48. The third-order valence-corrected chi connectivity index (χ3v) is 4.60. The van der Waals surface area contributed by atoms with Gasteiger partial charge in [0.1, 0.15) is 5.76 Å². The summed E-state index contributed by atoms with van der Waals surface area (Å²) in [6.45, 7) is 1.64. The minimum absolute atomic E-state index is 0.186. The van der Waals surface area contributed by atoms with Crippen molar-refractivity contribution in [1.29, 1.82) is 0 Å². The number of imide groups is 1. The summed E-state index contributed by atoms with van der Waals surface area (Å²) in [6, 6.07) is 1.50. The van der Waals surface area contributed by atoms with Crippen molar-refractivity contribution >= 4 is 17.7 Å². The Balaban J connectivity index is 1.57. The van der Waals surface area contributed by atoms with Crippen LogP contribution in [0.1, 0.15) is 29.0 Å². The maximum absolute atomic E-state index is 12.4. The van der Waals surface area contributed by atoms with E-state index in [2.05, 4.69) is 5.43 Å². The molecule has 2 bridgehead atoms. The molecule has 0 radical (unpaired) electrons. The van der Waals surface area contributed by atoms with Gasteiger partial charge in [-0.1, -0.05) is 0 Å². The van der Waals surface area contributed by atoms with Crippen LogP contribution in [0.4, 0.5) is 0 Å². The van der Waals surface area contributed by atoms with Gasteiger partial charge in [-0.2, -0.15) is 5.01 Å². The summed E-state index contributed by atoms with van der Waals surface area (Å²) in [5.74, 6) is -1.70. The number of furan rings is 1. The Morgan fingerprint density at radius 3 is 2.38 bits per heavy atom. The van der Waals surface area contributed by atoms with Crippen LogP contribution in [0.25, 0.3) is 0 Å². The fourth-order valence-electron chi connectivity index (χ4n) is 3.60. The summed E-state index contributed by atoms with van der Waals surface area (Å²) in [6.07, 6.45) is 2.62. The number of amides is 3. The largest absolute Gasteiger partial charge is 0.469 e. The number of nitrogens with one attached hydrogen (secondary N) is 1. The second-order valence-electron chi connectivity index (χ2n) is 5.69. The molecule has 7 heteroatoms. The van der Waals surface area contributed by atoms with E-state index in [9.17, 15) is 14.4 Å². The lowest BCUT2D eigenvalue weighted by atomic mass is 9.81. The number of carbonyl (C=O) groups excluding carboxylic acids is 3. The van der Waals surface area contributed by atoms with Crippen molar-refractivity contribution in [3.8, 4) is 0 Å². The molecule has 4 heterocycles. The number of carbonyl (C=O) groups is 3. The van der Waals surface area contributed by atoms with E-state index in [1.54, 1.807) is 6.92 Å². The molecule has 0 unspecified atom stereocenters. The molecule has 110 valence electrons. The van der Waals surface area contributed by atoms with Gasteiger partial charge in [0.25, 0.3) is 17.7 Å². The first-order chi connectivity index (χ1) is 10.1. The molecule has 3 amide bonds. The molecule has 0 saturated carbocycles. The first-order valence-electron chi connectivity index (χ1n) is 6.96. The van der Waals surface area contributed by atoms with Crippen LogP contribution < -0.4 is 5.43 Å². The predicted octanol–water partition coefficient (Wildman–Crippen LogP) is 0.395. The Labute approximate surface area is 120 Å². The molecule has 4 atom stereocenters. The number of aryl methyl sites for hydroxylation is 1. The fourth-order valence-corrected chi connectivity index (χ4v) is 3.60. The minimum Gasteiger partial charge on any atom is -0.469 e. The molecule has 1 aromatic heterocycles. The van der Waals surface area contributed by atoms with E-state index in [1.807, 2.05) is 0 Å². The zero-order valence-electron chi connectivity index (χ0n) is 11.4. The third kappa shape index (κ3) is 1.61. The quantitative estimate of drug-likeness (QED) is 0.796. The Bertz CT molecular complexity index is 624. The molecular weight excluding hydrogens is 276 g/mol. The van der Waals surface area contributed by atoms with E-state index >= 15 is 0 Å². The Morgan fingerprint density at radius 2 is 1.86 bits per heavy atom. The van der Waals surface area contributed by atoms with Gasteiger partial charge >= 0.3 is 0 Å². The lowest BCUT2D eigenvalue weighted by Crippen LogP contribution is -2.47. The second kappa shape index (κ2) is 4.17. The van der Waals surface area contributed by atoms with Crippen LogP contribution in [0.2, 0.25) is 0 Å². The van der Waals surface area contributed by atoms with Crippen LogP contribution in [-0.4, -0.2) is 34.9 Å².